The maximum absolute atomic E-state index is 5.66. The number of furan rings is 1. The zero-order chi connectivity index (χ0) is 10.5. The van der Waals surface area contributed by atoms with Crippen LogP contribution in [0.25, 0.3) is 0 Å². The van der Waals surface area contributed by atoms with Crippen LogP contribution in [0.4, 0.5) is 0 Å². The minimum atomic E-state index is 0.717. The molecule has 1 aliphatic carbocycles. The molecule has 1 saturated carbocycles. The topological polar surface area (TPSA) is 25.2 Å². The molecule has 0 bridgehead atoms. The first-order chi connectivity index (χ1) is 7.38. The summed E-state index contributed by atoms with van der Waals surface area (Å²) in [5, 5.41) is 3.58. The van der Waals surface area contributed by atoms with E-state index in [1.165, 1.54) is 32.1 Å². The Morgan fingerprint density at radius 3 is 2.60 bits per heavy atom. The molecule has 0 saturated heterocycles. The Morgan fingerprint density at radius 2 is 1.93 bits per heavy atom. The molecule has 0 unspecified atom stereocenters. The molecule has 0 radical (unpaired) electrons. The normalized spacial score (nSPS) is 18.2. The van der Waals surface area contributed by atoms with Gasteiger partial charge in [-0.15, -0.1) is 0 Å². The molecule has 2 rings (SSSR count). The van der Waals surface area contributed by atoms with Crippen LogP contribution in [0.15, 0.2) is 16.5 Å². The maximum atomic E-state index is 5.66. The molecule has 1 aromatic rings. The van der Waals surface area contributed by atoms with E-state index < -0.39 is 0 Å². The molecule has 1 fully saturated rings. The van der Waals surface area contributed by atoms with E-state index in [9.17, 15) is 0 Å². The number of hydrogen-bond donors (Lipinski definition) is 1. The Morgan fingerprint density at radius 1 is 1.20 bits per heavy atom. The van der Waals surface area contributed by atoms with Gasteiger partial charge in [0.15, 0.2) is 0 Å². The minimum absolute atomic E-state index is 0.717. The highest BCUT2D eigenvalue weighted by atomic mass is 16.3. The molecule has 1 aromatic heterocycles. The second kappa shape index (κ2) is 5.36. The number of nitrogens with one attached hydrogen (secondary N) is 1. The maximum Gasteiger partial charge on any atom is 0.117 e. The average Bonchev–Trinajstić information content (AvgIpc) is 2.76. The zero-order valence-corrected chi connectivity index (χ0v) is 9.59. The molecular formula is C13H21NO. The summed E-state index contributed by atoms with van der Waals surface area (Å²) in [4.78, 5) is 0. The van der Waals surface area contributed by atoms with E-state index in [1.807, 2.05) is 0 Å². The van der Waals surface area contributed by atoms with Gasteiger partial charge in [-0.2, -0.15) is 0 Å². The third-order valence-corrected chi connectivity index (χ3v) is 3.24. The van der Waals surface area contributed by atoms with Crippen molar-refractivity contribution in [3.8, 4) is 0 Å². The number of hydrogen-bond acceptors (Lipinski definition) is 2. The van der Waals surface area contributed by atoms with Gasteiger partial charge in [-0.1, -0.05) is 26.2 Å². The highest BCUT2D eigenvalue weighted by Gasteiger charge is 2.12. The first-order valence-electron chi connectivity index (χ1n) is 6.19. The van der Waals surface area contributed by atoms with E-state index in [1.54, 1.807) is 0 Å². The first kappa shape index (κ1) is 10.7. The molecule has 1 heterocycles. The van der Waals surface area contributed by atoms with Crippen LogP contribution in [0.1, 0.15) is 50.5 Å². The lowest BCUT2D eigenvalue weighted by Gasteiger charge is -2.22. The van der Waals surface area contributed by atoms with Gasteiger partial charge in [0.1, 0.15) is 11.5 Å². The van der Waals surface area contributed by atoms with E-state index in [4.69, 9.17) is 4.42 Å². The Labute approximate surface area is 92.1 Å². The molecule has 0 amide bonds. The summed E-state index contributed by atoms with van der Waals surface area (Å²) >= 11 is 0. The molecule has 2 nitrogen and oxygen atoms in total. The largest absolute Gasteiger partial charge is 0.465 e. The summed E-state index contributed by atoms with van der Waals surface area (Å²) in [7, 11) is 0. The zero-order valence-electron chi connectivity index (χ0n) is 9.59. The smallest absolute Gasteiger partial charge is 0.117 e. The standard InChI is InChI=1S/C13H21NO/c1-2-12-8-9-13(15-12)10-14-11-6-4-3-5-7-11/h8-9,11,14H,2-7,10H2,1H3. The van der Waals surface area contributed by atoms with E-state index in [0.717, 1.165) is 24.5 Å². The molecular weight excluding hydrogens is 186 g/mol. The summed E-state index contributed by atoms with van der Waals surface area (Å²) in [5.41, 5.74) is 0. The Hall–Kier alpha value is -0.760. The third kappa shape index (κ3) is 3.10. The summed E-state index contributed by atoms with van der Waals surface area (Å²) in [6, 6.07) is 4.89. The highest BCUT2D eigenvalue weighted by molar-refractivity contribution is 5.06. The Bertz CT molecular complexity index is 286. The van der Waals surface area contributed by atoms with Crippen LogP contribution < -0.4 is 5.32 Å². The van der Waals surface area contributed by atoms with Crippen LogP contribution in [0, 0.1) is 0 Å². The van der Waals surface area contributed by atoms with Crippen molar-refractivity contribution in [3.63, 3.8) is 0 Å². The molecule has 0 aliphatic heterocycles. The van der Waals surface area contributed by atoms with E-state index in [0.29, 0.717) is 6.04 Å². The van der Waals surface area contributed by atoms with Gasteiger partial charge in [-0.25, -0.2) is 0 Å². The molecule has 1 aliphatic rings. The van der Waals surface area contributed by atoms with Crippen molar-refractivity contribution >= 4 is 0 Å². The summed E-state index contributed by atoms with van der Waals surface area (Å²) in [6.45, 7) is 3.02. The lowest BCUT2D eigenvalue weighted by Crippen LogP contribution is -2.30. The highest BCUT2D eigenvalue weighted by Crippen LogP contribution is 2.18. The first-order valence-corrected chi connectivity index (χ1v) is 6.19. The van der Waals surface area contributed by atoms with Gasteiger partial charge in [-0.3, -0.25) is 0 Å². The molecule has 0 aromatic carbocycles. The van der Waals surface area contributed by atoms with Crippen molar-refractivity contribution in [2.75, 3.05) is 0 Å². The van der Waals surface area contributed by atoms with Gasteiger partial charge in [0, 0.05) is 12.5 Å². The summed E-state index contributed by atoms with van der Waals surface area (Å²) in [6.07, 6.45) is 7.84. The lowest BCUT2D eigenvalue weighted by atomic mass is 9.95. The molecule has 15 heavy (non-hydrogen) atoms. The van der Waals surface area contributed by atoms with Crippen molar-refractivity contribution in [3.05, 3.63) is 23.7 Å². The third-order valence-electron chi connectivity index (χ3n) is 3.24. The fourth-order valence-electron chi connectivity index (χ4n) is 2.26. The molecule has 84 valence electrons. The van der Waals surface area contributed by atoms with Crippen molar-refractivity contribution in [2.45, 2.75) is 58.0 Å². The van der Waals surface area contributed by atoms with Crippen LogP contribution in [0.5, 0.6) is 0 Å². The Kier molecular flexibility index (Phi) is 3.84. The van der Waals surface area contributed by atoms with Gasteiger partial charge < -0.3 is 9.73 Å². The van der Waals surface area contributed by atoms with E-state index in [2.05, 4.69) is 24.4 Å². The number of rotatable bonds is 4. The van der Waals surface area contributed by atoms with Gasteiger partial charge in [0.2, 0.25) is 0 Å². The van der Waals surface area contributed by atoms with E-state index >= 15 is 0 Å². The van der Waals surface area contributed by atoms with Crippen LogP contribution in [0.3, 0.4) is 0 Å². The van der Waals surface area contributed by atoms with Gasteiger partial charge >= 0.3 is 0 Å². The Balaban J connectivity index is 1.76. The van der Waals surface area contributed by atoms with Crippen molar-refractivity contribution in [2.24, 2.45) is 0 Å². The van der Waals surface area contributed by atoms with Crippen LogP contribution in [-0.2, 0) is 13.0 Å². The van der Waals surface area contributed by atoms with Gasteiger partial charge in [-0.05, 0) is 25.0 Å². The van der Waals surface area contributed by atoms with Gasteiger partial charge in [0.05, 0.1) is 6.54 Å². The fraction of sp³-hybridized carbons (Fsp3) is 0.692. The van der Waals surface area contributed by atoms with Gasteiger partial charge in [0.25, 0.3) is 0 Å². The second-order valence-corrected chi connectivity index (χ2v) is 4.44. The average molecular weight is 207 g/mol. The predicted octanol–water partition coefficient (Wildman–Crippen LogP) is 3.26. The fourth-order valence-corrected chi connectivity index (χ4v) is 2.26. The predicted molar refractivity (Wildman–Crippen MR) is 61.8 cm³/mol. The van der Waals surface area contributed by atoms with Crippen LogP contribution in [0.2, 0.25) is 0 Å². The van der Waals surface area contributed by atoms with Crippen molar-refractivity contribution < 1.29 is 4.42 Å². The molecule has 0 atom stereocenters. The molecule has 1 N–H and O–H groups in total. The molecule has 0 spiro atoms. The van der Waals surface area contributed by atoms with Crippen molar-refractivity contribution in [1.82, 2.24) is 5.32 Å². The second-order valence-electron chi connectivity index (χ2n) is 4.44. The van der Waals surface area contributed by atoms with Crippen LogP contribution >= 0.6 is 0 Å². The molecule has 2 heteroatoms. The van der Waals surface area contributed by atoms with Crippen molar-refractivity contribution in [1.29, 1.82) is 0 Å². The van der Waals surface area contributed by atoms with Crippen LogP contribution in [-0.4, -0.2) is 6.04 Å². The quantitative estimate of drug-likeness (QED) is 0.819. The summed E-state index contributed by atoms with van der Waals surface area (Å²) < 4.78 is 5.66. The van der Waals surface area contributed by atoms with E-state index in [-0.39, 0.29) is 0 Å². The SMILES string of the molecule is CCc1ccc(CNC2CCCCC2)o1. The lowest BCUT2D eigenvalue weighted by molar-refractivity contribution is 0.353. The number of aryl methyl sites for hydroxylation is 1. The summed E-state index contributed by atoms with van der Waals surface area (Å²) in [5.74, 6) is 2.17. The minimum Gasteiger partial charge on any atom is -0.465 e. The monoisotopic (exact) mass is 207 g/mol.